The molecule has 0 aliphatic carbocycles. The van der Waals surface area contributed by atoms with E-state index in [4.69, 9.17) is 11.6 Å². The predicted octanol–water partition coefficient (Wildman–Crippen LogP) is 3.59. The van der Waals surface area contributed by atoms with Crippen LogP contribution in [0.15, 0.2) is 36.4 Å². The van der Waals surface area contributed by atoms with Gasteiger partial charge in [0.2, 0.25) is 0 Å². The van der Waals surface area contributed by atoms with Gasteiger partial charge < -0.3 is 20.7 Å². The number of rotatable bonds is 5. The van der Waals surface area contributed by atoms with E-state index in [1.807, 2.05) is 32.0 Å². The fraction of sp³-hybridized carbons (Fsp3) is 0.286. The summed E-state index contributed by atoms with van der Waals surface area (Å²) in [4.78, 5) is 15.7. The van der Waals surface area contributed by atoms with Crippen LogP contribution in [0.1, 0.15) is 35.3 Å². The van der Waals surface area contributed by atoms with E-state index >= 15 is 0 Å². The molecule has 0 bridgehead atoms. The van der Waals surface area contributed by atoms with E-state index in [-0.39, 0.29) is 18.1 Å². The van der Waals surface area contributed by atoms with E-state index in [1.54, 1.807) is 0 Å². The number of aliphatic hydroxyl groups is 1. The van der Waals surface area contributed by atoms with Gasteiger partial charge in [-0.1, -0.05) is 23.7 Å². The average molecular weight is 384 g/mol. The number of aromatic nitrogens is 1. The molecule has 0 atom stereocenters. The zero-order valence-corrected chi connectivity index (χ0v) is 16.1. The maximum absolute atomic E-state index is 12.3. The summed E-state index contributed by atoms with van der Waals surface area (Å²) in [5.41, 5.74) is 5.09. The molecule has 27 heavy (non-hydrogen) atoms. The number of amides is 1. The molecule has 1 amide bonds. The quantitative estimate of drug-likeness (QED) is 0.543. The van der Waals surface area contributed by atoms with Gasteiger partial charge in [0.05, 0.1) is 12.2 Å². The van der Waals surface area contributed by atoms with Gasteiger partial charge in [-0.25, -0.2) is 0 Å². The Kier molecular flexibility index (Phi) is 4.46. The highest BCUT2D eigenvalue weighted by Gasteiger charge is 2.26. The van der Waals surface area contributed by atoms with Crippen LogP contribution in [0.4, 0.5) is 0 Å². The van der Waals surface area contributed by atoms with E-state index in [1.165, 1.54) is 0 Å². The molecule has 140 valence electrons. The maximum Gasteiger partial charge on any atom is 0.252 e. The number of nitrogens with one attached hydrogen (secondary N) is 3. The highest BCUT2D eigenvalue weighted by Crippen LogP contribution is 2.34. The molecule has 5 nitrogen and oxygen atoms in total. The number of aliphatic hydroxyl groups excluding tert-OH is 1. The van der Waals surface area contributed by atoms with E-state index in [9.17, 15) is 9.90 Å². The average Bonchev–Trinajstić information content (AvgIpc) is 3.25. The summed E-state index contributed by atoms with van der Waals surface area (Å²) in [6, 6.07) is 12.0. The highest BCUT2D eigenvalue weighted by atomic mass is 35.5. The predicted molar refractivity (Wildman–Crippen MR) is 108 cm³/mol. The lowest BCUT2D eigenvalue weighted by molar-refractivity contribution is 0.0966. The number of aromatic amines is 1. The van der Waals surface area contributed by atoms with Crippen molar-refractivity contribution < 1.29 is 9.90 Å². The summed E-state index contributed by atoms with van der Waals surface area (Å²) < 4.78 is 0. The molecule has 6 heteroatoms. The number of hydrogen-bond acceptors (Lipinski definition) is 3. The number of H-pyrrole nitrogens is 1. The fourth-order valence-corrected chi connectivity index (χ4v) is 3.59. The molecule has 4 rings (SSSR count). The Bertz CT molecular complexity index is 1040. The Balaban J connectivity index is 1.69. The van der Waals surface area contributed by atoms with Crippen LogP contribution in [0.2, 0.25) is 5.02 Å². The second-order valence-electron chi connectivity index (χ2n) is 7.63. The largest absolute Gasteiger partial charge is 0.394 e. The molecule has 0 fully saturated rings. The van der Waals surface area contributed by atoms with Gasteiger partial charge in [-0.05, 0) is 43.7 Å². The number of halogens is 1. The third kappa shape index (κ3) is 3.34. The van der Waals surface area contributed by atoms with E-state index in [0.717, 1.165) is 33.3 Å². The second kappa shape index (κ2) is 6.68. The normalized spacial score (nSPS) is 13.9. The molecule has 0 radical (unpaired) electrons. The molecule has 1 aliphatic heterocycles. The van der Waals surface area contributed by atoms with Crippen LogP contribution in [0, 0.1) is 0 Å². The fourth-order valence-electron chi connectivity index (χ4n) is 3.37. The van der Waals surface area contributed by atoms with Crippen molar-refractivity contribution in [2.75, 3.05) is 6.61 Å². The SMILES string of the molecule is CC(C)(CO)NCc1ccc2[nH]c(-c3ccc(Cl)c4c3C(=O)NC4)cc2c1. The van der Waals surface area contributed by atoms with Crippen LogP contribution in [-0.2, 0) is 13.1 Å². The van der Waals surface area contributed by atoms with Crippen LogP contribution in [0.3, 0.4) is 0 Å². The summed E-state index contributed by atoms with van der Waals surface area (Å²) in [5.74, 6) is -0.0859. The van der Waals surface area contributed by atoms with Crippen LogP contribution in [0.5, 0.6) is 0 Å². The third-order valence-electron chi connectivity index (χ3n) is 5.05. The molecule has 4 N–H and O–H groups in total. The number of benzene rings is 2. The molecule has 3 aromatic rings. The molecule has 0 unspecified atom stereocenters. The lowest BCUT2D eigenvalue weighted by atomic mass is 10.0. The van der Waals surface area contributed by atoms with Crippen LogP contribution < -0.4 is 10.6 Å². The summed E-state index contributed by atoms with van der Waals surface area (Å²) in [6.07, 6.45) is 0. The summed E-state index contributed by atoms with van der Waals surface area (Å²) >= 11 is 6.25. The topological polar surface area (TPSA) is 77.2 Å². The van der Waals surface area contributed by atoms with Crippen molar-refractivity contribution in [2.45, 2.75) is 32.5 Å². The highest BCUT2D eigenvalue weighted by molar-refractivity contribution is 6.32. The lowest BCUT2D eigenvalue weighted by Gasteiger charge is -2.23. The molecule has 0 saturated heterocycles. The van der Waals surface area contributed by atoms with Gasteiger partial charge in [0, 0.05) is 51.4 Å². The van der Waals surface area contributed by atoms with Crippen LogP contribution in [0.25, 0.3) is 22.2 Å². The first-order valence-electron chi connectivity index (χ1n) is 8.95. The first-order chi connectivity index (χ1) is 12.9. The summed E-state index contributed by atoms with van der Waals surface area (Å²) in [6.45, 7) is 5.14. The van der Waals surface area contributed by atoms with E-state index in [0.29, 0.717) is 23.7 Å². The number of carbonyl (C=O) groups is 1. The monoisotopic (exact) mass is 383 g/mol. The van der Waals surface area contributed by atoms with Gasteiger partial charge in [-0.15, -0.1) is 0 Å². The van der Waals surface area contributed by atoms with Gasteiger partial charge in [-0.2, -0.15) is 0 Å². The van der Waals surface area contributed by atoms with Crippen molar-refractivity contribution in [3.05, 3.63) is 58.1 Å². The van der Waals surface area contributed by atoms with Gasteiger partial charge in [0.1, 0.15) is 0 Å². The second-order valence-corrected chi connectivity index (χ2v) is 8.04. The maximum atomic E-state index is 12.3. The Hall–Kier alpha value is -2.34. The lowest BCUT2D eigenvalue weighted by Crippen LogP contribution is -2.42. The van der Waals surface area contributed by atoms with Gasteiger partial charge in [-0.3, -0.25) is 4.79 Å². The third-order valence-corrected chi connectivity index (χ3v) is 5.40. The number of fused-ring (bicyclic) bond motifs is 2. The minimum Gasteiger partial charge on any atom is -0.394 e. The Morgan fingerprint density at radius 2 is 2.04 bits per heavy atom. The standard InChI is InChI=1S/C21H22ClN3O2/c1-21(2,11-26)24-9-12-3-6-17-13(7-12)8-18(25-17)14-4-5-16(22)15-10-23-20(27)19(14)15/h3-8,24-26H,9-11H2,1-2H3,(H,23,27). The zero-order valence-electron chi connectivity index (χ0n) is 15.3. The van der Waals surface area contributed by atoms with Crippen molar-refractivity contribution in [3.63, 3.8) is 0 Å². The van der Waals surface area contributed by atoms with Crippen LogP contribution in [-0.4, -0.2) is 28.1 Å². The summed E-state index contributed by atoms with van der Waals surface area (Å²) in [5, 5.41) is 17.3. The van der Waals surface area contributed by atoms with Crippen molar-refractivity contribution in [2.24, 2.45) is 0 Å². The van der Waals surface area contributed by atoms with Gasteiger partial charge in [0.25, 0.3) is 5.91 Å². The minimum atomic E-state index is -0.324. The molecule has 0 spiro atoms. The molecule has 0 saturated carbocycles. The Morgan fingerprint density at radius 1 is 1.22 bits per heavy atom. The van der Waals surface area contributed by atoms with Crippen LogP contribution >= 0.6 is 11.6 Å². The van der Waals surface area contributed by atoms with Crippen molar-refractivity contribution in [3.8, 4) is 11.3 Å². The molecular weight excluding hydrogens is 362 g/mol. The molecular formula is C21H22ClN3O2. The molecule has 2 aromatic carbocycles. The molecule has 1 aliphatic rings. The molecule has 1 aromatic heterocycles. The smallest absolute Gasteiger partial charge is 0.252 e. The molecule has 2 heterocycles. The number of carbonyl (C=O) groups excluding carboxylic acids is 1. The van der Waals surface area contributed by atoms with E-state index in [2.05, 4.69) is 33.8 Å². The van der Waals surface area contributed by atoms with Gasteiger partial charge in [0.15, 0.2) is 0 Å². The Morgan fingerprint density at radius 3 is 2.81 bits per heavy atom. The zero-order chi connectivity index (χ0) is 19.2. The van der Waals surface area contributed by atoms with Crippen molar-refractivity contribution >= 4 is 28.4 Å². The minimum absolute atomic E-state index is 0.0767. The van der Waals surface area contributed by atoms with Crippen molar-refractivity contribution in [1.29, 1.82) is 0 Å². The first kappa shape index (κ1) is 18.0. The number of hydrogen-bond donors (Lipinski definition) is 4. The van der Waals surface area contributed by atoms with Crippen molar-refractivity contribution in [1.82, 2.24) is 15.6 Å². The summed E-state index contributed by atoms with van der Waals surface area (Å²) in [7, 11) is 0. The van der Waals surface area contributed by atoms with Gasteiger partial charge >= 0.3 is 0 Å². The van der Waals surface area contributed by atoms with E-state index < -0.39 is 0 Å². The first-order valence-corrected chi connectivity index (χ1v) is 9.33. The Labute approximate surface area is 162 Å².